The van der Waals surface area contributed by atoms with Crippen molar-refractivity contribution in [3.63, 3.8) is 0 Å². The van der Waals surface area contributed by atoms with Crippen LogP contribution >= 0.6 is 0 Å². The van der Waals surface area contributed by atoms with E-state index < -0.39 is 30.3 Å². The van der Waals surface area contributed by atoms with Crippen LogP contribution in [0.3, 0.4) is 0 Å². The summed E-state index contributed by atoms with van der Waals surface area (Å²) >= 11 is 0. The van der Waals surface area contributed by atoms with Crippen molar-refractivity contribution in [3.8, 4) is 17.5 Å². The molecule has 4 rings (SSSR count). The molecule has 0 radical (unpaired) electrons. The Kier molecular flexibility index (Phi) is 8.27. The minimum absolute atomic E-state index is 0.142. The summed E-state index contributed by atoms with van der Waals surface area (Å²) in [5, 5.41) is 29.1. The summed E-state index contributed by atoms with van der Waals surface area (Å²) in [6, 6.07) is 8.62. The first-order chi connectivity index (χ1) is 18.6. The molecular weight excluding hydrogens is 509 g/mol. The van der Waals surface area contributed by atoms with E-state index in [0.717, 1.165) is 0 Å². The molecule has 1 fully saturated rings. The van der Waals surface area contributed by atoms with Crippen LogP contribution < -0.4 is 10.6 Å². The highest BCUT2D eigenvalue weighted by atomic mass is 19.1. The van der Waals surface area contributed by atoms with Crippen LogP contribution in [0.4, 0.5) is 14.9 Å². The maximum atomic E-state index is 14.3. The lowest BCUT2D eigenvalue weighted by Gasteiger charge is -2.34. The van der Waals surface area contributed by atoms with E-state index >= 15 is 0 Å². The van der Waals surface area contributed by atoms with Crippen molar-refractivity contribution in [2.75, 3.05) is 45.3 Å². The number of nitriles is 1. The lowest BCUT2D eigenvalue weighted by atomic mass is 10.0. The van der Waals surface area contributed by atoms with Gasteiger partial charge in [-0.05, 0) is 38.1 Å². The van der Waals surface area contributed by atoms with E-state index in [0.29, 0.717) is 41.3 Å². The van der Waals surface area contributed by atoms with Crippen molar-refractivity contribution in [2.45, 2.75) is 31.7 Å². The molecule has 0 bridgehead atoms. The smallest absolute Gasteiger partial charge is 0.409 e. The third-order valence-electron chi connectivity index (χ3n) is 6.41. The van der Waals surface area contributed by atoms with E-state index in [4.69, 9.17) is 14.7 Å². The monoisotopic (exact) mass is 539 g/mol. The number of halogens is 1. The summed E-state index contributed by atoms with van der Waals surface area (Å²) in [6.07, 6.45) is 0.636. The topological polar surface area (TPSA) is 154 Å². The largest absolute Gasteiger partial charge is 0.453 e. The van der Waals surface area contributed by atoms with Gasteiger partial charge in [0.1, 0.15) is 12.2 Å². The number of nitrogens with zero attached hydrogens (tertiary/aromatic N) is 5. The van der Waals surface area contributed by atoms with Crippen LogP contribution in [0.1, 0.15) is 29.8 Å². The first-order valence-corrected chi connectivity index (χ1v) is 12.3. The van der Waals surface area contributed by atoms with Gasteiger partial charge >= 0.3 is 6.09 Å². The van der Waals surface area contributed by atoms with Crippen molar-refractivity contribution < 1.29 is 28.6 Å². The summed E-state index contributed by atoms with van der Waals surface area (Å²) in [6.45, 7) is 3.48. The number of alkyl halides is 1. The third kappa shape index (κ3) is 6.24. The molecule has 3 N–H and O–H groups in total. The molecule has 13 heteroatoms. The van der Waals surface area contributed by atoms with Crippen LogP contribution in [0.15, 0.2) is 36.7 Å². The highest BCUT2D eigenvalue weighted by Crippen LogP contribution is 2.26. The molecule has 2 atom stereocenters. The summed E-state index contributed by atoms with van der Waals surface area (Å²) in [4.78, 5) is 31.3. The fraction of sp³-hybridized carbons (Fsp3) is 0.423. The second kappa shape index (κ2) is 11.6. The highest BCUT2D eigenvalue weighted by Gasteiger charge is 2.29. The van der Waals surface area contributed by atoms with E-state index in [1.165, 1.54) is 33.4 Å². The predicted octanol–water partition coefficient (Wildman–Crippen LogP) is 1.99. The molecular formula is C26H30FN7O5. The molecule has 1 saturated heterocycles. The molecule has 39 heavy (non-hydrogen) atoms. The number of pyridine rings is 1. The fourth-order valence-electron chi connectivity index (χ4n) is 4.11. The van der Waals surface area contributed by atoms with Gasteiger partial charge in [0.05, 0.1) is 78.4 Å². The number of carbonyl (C=O) groups is 2. The third-order valence-corrected chi connectivity index (χ3v) is 6.41. The zero-order valence-electron chi connectivity index (χ0n) is 21.8. The van der Waals surface area contributed by atoms with Gasteiger partial charge in [0.25, 0.3) is 5.91 Å². The molecule has 206 valence electrons. The number of aromatic nitrogens is 3. The molecule has 2 amide bonds. The van der Waals surface area contributed by atoms with Gasteiger partial charge in [-0.25, -0.2) is 13.7 Å². The van der Waals surface area contributed by atoms with Gasteiger partial charge in [0, 0.05) is 19.3 Å². The Bertz CT molecular complexity index is 1400. The molecule has 4 heterocycles. The molecule has 0 saturated carbocycles. The molecule has 1 aliphatic rings. The van der Waals surface area contributed by atoms with Gasteiger partial charge < -0.3 is 25.2 Å². The van der Waals surface area contributed by atoms with Crippen LogP contribution in [0.5, 0.6) is 0 Å². The number of morpholine rings is 1. The number of amides is 2. The summed E-state index contributed by atoms with van der Waals surface area (Å²) in [5.41, 5.74) is 1.11. The first kappa shape index (κ1) is 27.7. The normalized spacial score (nSPS) is 16.4. The van der Waals surface area contributed by atoms with Crippen molar-refractivity contribution >= 4 is 23.2 Å². The van der Waals surface area contributed by atoms with Crippen LogP contribution in [0.25, 0.3) is 16.9 Å². The second-order valence-corrected chi connectivity index (χ2v) is 9.63. The number of hydrogen-bond acceptors (Lipinski definition) is 9. The predicted molar refractivity (Wildman–Crippen MR) is 139 cm³/mol. The molecule has 3 aromatic heterocycles. The minimum atomic E-state index is -1.69. The van der Waals surface area contributed by atoms with Gasteiger partial charge in [-0.3, -0.25) is 14.7 Å². The zero-order chi connectivity index (χ0) is 28.2. The number of hydrogen-bond donors (Lipinski definition) is 3. The number of fused-ring (bicyclic) bond motifs is 1. The second-order valence-electron chi connectivity index (χ2n) is 9.63. The average molecular weight is 540 g/mol. The molecule has 12 nitrogen and oxygen atoms in total. The lowest BCUT2D eigenvalue weighted by molar-refractivity contribution is -0.00181. The van der Waals surface area contributed by atoms with Gasteiger partial charge in [-0.15, -0.1) is 0 Å². The maximum Gasteiger partial charge on any atom is 0.409 e. The number of carbonyl (C=O) groups excluding carboxylic acids is 2. The lowest BCUT2D eigenvalue weighted by Crippen LogP contribution is -2.51. The number of anilines is 1. The standard InChI is InChI=1S/C26H30FN7O5/c1-26(2,37)23(27)14-31-24(35)19-13-30-21(22-5-4-17-8-16(10-28)11-32-34(17)22)9-20(19)29-12-18-15-39-7-6-33(18)25(36)38-3/h4-5,8-9,11,13,18,23,37H,6-7,12,14-15H2,1-3H3,(H,29,30)(H,31,35)/t18-,23+/m0/s1. The Hall–Kier alpha value is -4.28. The summed E-state index contributed by atoms with van der Waals surface area (Å²) in [7, 11) is 1.31. The number of aliphatic hydroxyl groups is 1. The van der Waals surface area contributed by atoms with E-state index in [9.17, 15) is 19.1 Å². The summed E-state index contributed by atoms with van der Waals surface area (Å²) in [5.74, 6) is -0.593. The minimum Gasteiger partial charge on any atom is -0.453 e. The van der Waals surface area contributed by atoms with Crippen LogP contribution in [0.2, 0.25) is 0 Å². The van der Waals surface area contributed by atoms with Crippen LogP contribution in [-0.2, 0) is 9.47 Å². The zero-order valence-corrected chi connectivity index (χ0v) is 21.8. The van der Waals surface area contributed by atoms with E-state index in [-0.39, 0.29) is 24.8 Å². The quantitative estimate of drug-likeness (QED) is 0.390. The van der Waals surface area contributed by atoms with E-state index in [2.05, 4.69) is 26.8 Å². The Morgan fingerprint density at radius 1 is 1.36 bits per heavy atom. The Balaban J connectivity index is 1.64. The fourth-order valence-corrected chi connectivity index (χ4v) is 4.11. The van der Waals surface area contributed by atoms with Crippen LogP contribution in [-0.4, -0.2) is 94.4 Å². The van der Waals surface area contributed by atoms with Crippen molar-refractivity contribution in [1.29, 1.82) is 5.26 Å². The molecule has 0 aromatic carbocycles. The number of nitrogens with one attached hydrogen (secondary N) is 2. The Morgan fingerprint density at radius 3 is 2.87 bits per heavy atom. The molecule has 1 aliphatic heterocycles. The number of methoxy groups -OCH3 is 1. The van der Waals surface area contributed by atoms with Gasteiger partial charge in [0.15, 0.2) is 0 Å². The van der Waals surface area contributed by atoms with Crippen molar-refractivity contribution in [3.05, 3.63) is 47.8 Å². The number of ether oxygens (including phenoxy) is 2. The van der Waals surface area contributed by atoms with Crippen molar-refractivity contribution in [2.24, 2.45) is 0 Å². The molecule has 0 aliphatic carbocycles. The number of rotatable bonds is 8. The van der Waals surface area contributed by atoms with Gasteiger partial charge in [-0.2, -0.15) is 10.4 Å². The molecule has 0 unspecified atom stereocenters. The Morgan fingerprint density at radius 2 is 2.15 bits per heavy atom. The SMILES string of the molecule is COC(=O)N1CCOC[C@@H]1CNc1cc(-c2ccc3cc(C#N)cnn23)ncc1C(=O)NC[C@@H](F)C(C)(C)O. The van der Waals surface area contributed by atoms with Gasteiger partial charge in [-0.1, -0.05) is 0 Å². The van der Waals surface area contributed by atoms with E-state index in [1.54, 1.807) is 33.7 Å². The van der Waals surface area contributed by atoms with Gasteiger partial charge in [0.2, 0.25) is 0 Å². The van der Waals surface area contributed by atoms with Crippen LogP contribution in [0, 0.1) is 11.3 Å². The average Bonchev–Trinajstić information content (AvgIpc) is 3.36. The van der Waals surface area contributed by atoms with E-state index in [1.807, 2.05) is 0 Å². The summed E-state index contributed by atoms with van der Waals surface area (Å²) < 4.78 is 26.3. The molecule has 0 spiro atoms. The first-order valence-electron chi connectivity index (χ1n) is 12.3. The van der Waals surface area contributed by atoms with Crippen molar-refractivity contribution in [1.82, 2.24) is 24.8 Å². The maximum absolute atomic E-state index is 14.3. The highest BCUT2D eigenvalue weighted by molar-refractivity contribution is 6.00. The molecule has 3 aromatic rings. The Labute approximate surface area is 224 Å².